The Kier molecular flexibility index (Phi) is 2.90. The molecule has 0 unspecified atom stereocenters. The summed E-state index contributed by atoms with van der Waals surface area (Å²) in [6, 6.07) is 2.72. The van der Waals surface area contributed by atoms with Gasteiger partial charge < -0.3 is 4.90 Å². The molecule has 1 nitrogen and oxygen atoms in total. The van der Waals surface area contributed by atoms with Gasteiger partial charge in [0.05, 0.1) is 8.07 Å². The Balaban J connectivity index is 2.14. The van der Waals surface area contributed by atoms with Crippen molar-refractivity contribution in [2.24, 2.45) is 0 Å². The van der Waals surface area contributed by atoms with Gasteiger partial charge in [-0.25, -0.2) is 0 Å². The van der Waals surface area contributed by atoms with E-state index >= 15 is 0 Å². The summed E-state index contributed by atoms with van der Waals surface area (Å²) < 4.78 is 0. The van der Waals surface area contributed by atoms with Gasteiger partial charge in [-0.3, -0.25) is 0 Å². The summed E-state index contributed by atoms with van der Waals surface area (Å²) in [5.41, 5.74) is 0. The minimum Gasteiger partial charge on any atom is -0.301 e. The minimum absolute atomic E-state index is 0.886. The molecule has 11 heavy (non-hydrogen) atoms. The Morgan fingerprint density at radius 2 is 2.09 bits per heavy atom. The molecule has 2 heteroatoms. The van der Waals surface area contributed by atoms with Gasteiger partial charge in [-0.2, -0.15) is 0 Å². The van der Waals surface area contributed by atoms with Crippen LogP contribution in [0.4, 0.5) is 0 Å². The average molecular weight is 169 g/mol. The third kappa shape index (κ3) is 3.73. The molecule has 0 saturated carbocycles. The van der Waals surface area contributed by atoms with E-state index in [0.717, 1.165) is 0 Å². The third-order valence-electron chi connectivity index (χ3n) is 2.34. The third-order valence-corrected chi connectivity index (χ3v) is 5.31. The molecule has 0 aromatic carbocycles. The maximum Gasteiger partial charge on any atom is 0.0523 e. The first-order valence-corrected chi connectivity index (χ1v) is 7.89. The van der Waals surface area contributed by atoms with Crippen LogP contribution in [0.2, 0.25) is 25.2 Å². The average Bonchev–Trinajstić information content (AvgIpc) is 2.65. The second-order valence-corrected chi connectivity index (χ2v) is 9.49. The van der Waals surface area contributed by atoms with Crippen molar-refractivity contribution in [1.29, 1.82) is 0 Å². The zero-order valence-corrected chi connectivity index (χ0v) is 8.77. The highest BCUT2D eigenvalue weighted by Gasteiger charge is 2.23. The van der Waals surface area contributed by atoms with Gasteiger partial charge in [0.25, 0.3) is 0 Å². The molecule has 0 amide bonds. The summed E-state index contributed by atoms with van der Waals surface area (Å²) >= 11 is 0. The highest BCUT2D eigenvalue weighted by molar-refractivity contribution is 6.77. The molecule has 1 heterocycles. The number of nitrogens with zero attached hydrogens (tertiary/aromatic N) is 1. The summed E-state index contributed by atoms with van der Waals surface area (Å²) in [5, 5.41) is 0. The van der Waals surface area contributed by atoms with Crippen LogP contribution in [0.5, 0.6) is 0 Å². The fraction of sp³-hybridized carbons (Fsp3) is 0.778. The molecule has 0 radical (unpaired) electrons. The molecule has 0 aromatic rings. The van der Waals surface area contributed by atoms with Crippen LogP contribution in [0.15, 0.2) is 12.7 Å². The van der Waals surface area contributed by atoms with E-state index in [2.05, 4.69) is 30.6 Å². The van der Waals surface area contributed by atoms with Crippen molar-refractivity contribution in [3.63, 3.8) is 0 Å². The first-order valence-electron chi connectivity index (χ1n) is 4.47. The van der Waals surface area contributed by atoms with E-state index in [-0.39, 0.29) is 0 Å². The number of hydrogen-bond donors (Lipinski definition) is 0. The number of rotatable bonds is 5. The van der Waals surface area contributed by atoms with Gasteiger partial charge in [-0.05, 0) is 18.6 Å². The molecule has 1 fully saturated rings. The zero-order chi connectivity index (χ0) is 8.32. The van der Waals surface area contributed by atoms with Crippen LogP contribution in [0.25, 0.3) is 0 Å². The topological polar surface area (TPSA) is 3.01 Å². The molecule has 0 aromatic heterocycles. The lowest BCUT2D eigenvalue weighted by molar-refractivity contribution is 0.589. The lowest BCUT2D eigenvalue weighted by Gasteiger charge is -2.20. The largest absolute Gasteiger partial charge is 0.301 e. The standard InChI is InChI=1S/C9H19NSi/c1-4-8-11(2,3)9-7-10-5-6-10/h4H,1,5-9H2,2-3H3. The SMILES string of the molecule is C=CC[Si](C)(C)CCN1CC1. The quantitative estimate of drug-likeness (QED) is 0.346. The van der Waals surface area contributed by atoms with E-state index < -0.39 is 8.07 Å². The molecular formula is C9H19NSi. The van der Waals surface area contributed by atoms with Crippen LogP contribution < -0.4 is 0 Å². The van der Waals surface area contributed by atoms with Gasteiger partial charge in [0.2, 0.25) is 0 Å². The van der Waals surface area contributed by atoms with E-state index in [0.29, 0.717) is 0 Å². The highest BCUT2D eigenvalue weighted by atomic mass is 28.3. The van der Waals surface area contributed by atoms with E-state index in [1.54, 1.807) is 0 Å². The summed E-state index contributed by atoms with van der Waals surface area (Å²) in [5.74, 6) is 0. The first-order chi connectivity index (χ1) is 5.14. The Labute approximate surface area is 71.1 Å². The summed E-state index contributed by atoms with van der Waals surface area (Å²) in [7, 11) is -0.886. The molecule has 0 atom stereocenters. The fourth-order valence-corrected chi connectivity index (χ4v) is 3.16. The summed E-state index contributed by atoms with van der Waals surface area (Å²) in [4.78, 5) is 2.51. The van der Waals surface area contributed by atoms with Gasteiger partial charge in [0.1, 0.15) is 0 Å². The van der Waals surface area contributed by atoms with Crippen molar-refractivity contribution < 1.29 is 0 Å². The lowest BCUT2D eigenvalue weighted by atomic mass is 10.7. The van der Waals surface area contributed by atoms with Crippen LogP contribution in [0.1, 0.15) is 0 Å². The van der Waals surface area contributed by atoms with Crippen molar-refractivity contribution in [1.82, 2.24) is 4.90 Å². The smallest absolute Gasteiger partial charge is 0.0523 e. The van der Waals surface area contributed by atoms with E-state index in [4.69, 9.17) is 0 Å². The molecule has 0 N–H and O–H groups in total. The maximum atomic E-state index is 3.81. The summed E-state index contributed by atoms with van der Waals surface area (Å²) in [6.07, 6.45) is 2.09. The highest BCUT2D eigenvalue weighted by Crippen LogP contribution is 2.18. The molecule has 64 valence electrons. The van der Waals surface area contributed by atoms with Crippen LogP contribution in [-0.4, -0.2) is 32.6 Å². The van der Waals surface area contributed by atoms with Crippen LogP contribution in [0, 0.1) is 0 Å². The van der Waals surface area contributed by atoms with Gasteiger partial charge in [-0.15, -0.1) is 6.58 Å². The monoisotopic (exact) mass is 169 g/mol. The van der Waals surface area contributed by atoms with Gasteiger partial charge >= 0.3 is 0 Å². The molecule has 1 saturated heterocycles. The molecule has 1 aliphatic rings. The van der Waals surface area contributed by atoms with Gasteiger partial charge in [0, 0.05) is 13.1 Å². The van der Waals surface area contributed by atoms with Crippen molar-refractivity contribution in [2.75, 3.05) is 19.6 Å². The Bertz CT molecular complexity index is 138. The normalized spacial score (nSPS) is 18.4. The van der Waals surface area contributed by atoms with Crippen molar-refractivity contribution in [3.05, 3.63) is 12.7 Å². The van der Waals surface area contributed by atoms with Crippen molar-refractivity contribution >= 4 is 8.07 Å². The molecular weight excluding hydrogens is 150 g/mol. The van der Waals surface area contributed by atoms with Gasteiger partial charge in [0.15, 0.2) is 0 Å². The Hall–Kier alpha value is -0.0831. The van der Waals surface area contributed by atoms with E-state index in [9.17, 15) is 0 Å². The summed E-state index contributed by atoms with van der Waals surface area (Å²) in [6.45, 7) is 12.8. The predicted molar refractivity (Wildman–Crippen MR) is 53.7 cm³/mol. The fourth-order valence-electron chi connectivity index (χ4n) is 1.25. The van der Waals surface area contributed by atoms with Crippen LogP contribution in [0.3, 0.4) is 0 Å². The van der Waals surface area contributed by atoms with Crippen molar-refractivity contribution in [2.45, 2.75) is 25.2 Å². The lowest BCUT2D eigenvalue weighted by Crippen LogP contribution is -2.26. The van der Waals surface area contributed by atoms with Crippen LogP contribution in [-0.2, 0) is 0 Å². The minimum atomic E-state index is -0.886. The van der Waals surface area contributed by atoms with E-state index in [1.807, 2.05) is 0 Å². The first kappa shape index (κ1) is 9.01. The molecule has 1 aliphatic heterocycles. The van der Waals surface area contributed by atoms with Crippen LogP contribution >= 0.6 is 0 Å². The maximum absolute atomic E-state index is 3.81. The second-order valence-electron chi connectivity index (χ2n) is 4.25. The molecule has 1 rings (SSSR count). The molecule has 0 aliphatic carbocycles. The zero-order valence-electron chi connectivity index (χ0n) is 7.77. The molecule has 0 spiro atoms. The Morgan fingerprint density at radius 3 is 2.55 bits per heavy atom. The predicted octanol–water partition coefficient (Wildman–Crippen LogP) is 2.20. The molecule has 0 bridgehead atoms. The number of allylic oxidation sites excluding steroid dienone is 1. The Morgan fingerprint density at radius 1 is 1.45 bits per heavy atom. The second kappa shape index (κ2) is 3.54. The van der Waals surface area contributed by atoms with Gasteiger partial charge in [-0.1, -0.05) is 19.2 Å². The van der Waals surface area contributed by atoms with Crippen molar-refractivity contribution in [3.8, 4) is 0 Å². The van der Waals surface area contributed by atoms with E-state index in [1.165, 1.54) is 31.7 Å². The number of hydrogen-bond acceptors (Lipinski definition) is 1.